The Labute approximate surface area is 184 Å². The molecular weight excluding hydrogens is 408 g/mol. The molecule has 0 radical (unpaired) electrons. The Balaban J connectivity index is 2.00. The molecule has 4 rings (SSSR count). The molecule has 4 aromatic rings. The van der Waals surface area contributed by atoms with Gasteiger partial charge < -0.3 is 9.67 Å². The smallest absolute Gasteiger partial charge is 0.332 e. The van der Waals surface area contributed by atoms with Crippen LogP contribution in [0.4, 0.5) is 0 Å². The Morgan fingerprint density at radius 2 is 1.94 bits per heavy atom. The van der Waals surface area contributed by atoms with Gasteiger partial charge in [-0.15, -0.1) is 0 Å². The molecule has 0 saturated heterocycles. The number of nitrogens with zero attached hydrogens (tertiary/aromatic N) is 4. The van der Waals surface area contributed by atoms with Crippen molar-refractivity contribution in [1.82, 2.24) is 18.7 Å². The van der Waals surface area contributed by atoms with Gasteiger partial charge in [0, 0.05) is 30.3 Å². The van der Waals surface area contributed by atoms with Gasteiger partial charge in [-0.05, 0) is 55.2 Å². The van der Waals surface area contributed by atoms with Crippen LogP contribution in [0, 0.1) is 13.8 Å². The molecular formula is C24H26N4O4. The number of benzene rings is 1. The minimum Gasteiger partial charge on any atom is -0.481 e. The third-order valence-electron chi connectivity index (χ3n) is 6.02. The Morgan fingerprint density at radius 3 is 2.62 bits per heavy atom. The summed E-state index contributed by atoms with van der Waals surface area (Å²) in [5.74, 6) is -1.06. The zero-order valence-corrected chi connectivity index (χ0v) is 18.6. The first-order valence-electron chi connectivity index (χ1n) is 10.6. The highest BCUT2D eigenvalue weighted by molar-refractivity contribution is 5.88. The van der Waals surface area contributed by atoms with Crippen molar-refractivity contribution in [3.63, 3.8) is 0 Å². The van der Waals surface area contributed by atoms with Crippen molar-refractivity contribution in [2.75, 3.05) is 0 Å². The van der Waals surface area contributed by atoms with E-state index in [1.165, 1.54) is 10.8 Å². The summed E-state index contributed by atoms with van der Waals surface area (Å²) in [6.45, 7) is 6.10. The van der Waals surface area contributed by atoms with Crippen molar-refractivity contribution < 1.29 is 9.90 Å². The van der Waals surface area contributed by atoms with Crippen molar-refractivity contribution in [2.24, 2.45) is 7.05 Å². The molecule has 0 amide bonds. The number of fused-ring (bicyclic) bond motifs is 2. The van der Waals surface area contributed by atoms with Crippen LogP contribution in [-0.4, -0.2) is 29.8 Å². The normalized spacial score (nSPS) is 12.5. The number of rotatable bonds is 6. The van der Waals surface area contributed by atoms with E-state index in [4.69, 9.17) is 0 Å². The average molecular weight is 434 g/mol. The van der Waals surface area contributed by atoms with E-state index in [0.29, 0.717) is 11.9 Å². The van der Waals surface area contributed by atoms with Gasteiger partial charge >= 0.3 is 11.7 Å². The number of carbonyl (C=O) groups is 1. The highest BCUT2D eigenvalue weighted by Crippen LogP contribution is 2.27. The Hall–Kier alpha value is -3.68. The molecule has 0 aliphatic heterocycles. The van der Waals surface area contributed by atoms with E-state index >= 15 is 0 Å². The molecule has 32 heavy (non-hydrogen) atoms. The molecule has 1 aromatic carbocycles. The Kier molecular flexibility index (Phi) is 5.46. The molecule has 0 spiro atoms. The number of pyridine rings is 1. The van der Waals surface area contributed by atoms with E-state index in [9.17, 15) is 19.5 Å². The van der Waals surface area contributed by atoms with Crippen LogP contribution in [0.5, 0.6) is 0 Å². The topological polar surface area (TPSA) is 99.1 Å². The summed E-state index contributed by atoms with van der Waals surface area (Å²) in [5, 5.41) is 10.4. The molecule has 0 aliphatic carbocycles. The summed E-state index contributed by atoms with van der Waals surface area (Å²) in [5.41, 5.74) is 3.79. The predicted octanol–water partition coefficient (Wildman–Crippen LogP) is 3.14. The van der Waals surface area contributed by atoms with Crippen LogP contribution >= 0.6 is 0 Å². The zero-order valence-electron chi connectivity index (χ0n) is 18.6. The van der Waals surface area contributed by atoms with Crippen LogP contribution in [-0.2, 0) is 18.4 Å². The Morgan fingerprint density at radius 1 is 1.19 bits per heavy atom. The third kappa shape index (κ3) is 3.51. The minimum absolute atomic E-state index is 0.156. The largest absolute Gasteiger partial charge is 0.481 e. The van der Waals surface area contributed by atoms with Gasteiger partial charge in [-0.1, -0.05) is 13.0 Å². The van der Waals surface area contributed by atoms with Crippen LogP contribution in [0.15, 0.2) is 46.2 Å². The van der Waals surface area contributed by atoms with Crippen LogP contribution < -0.4 is 11.2 Å². The first-order valence-corrected chi connectivity index (χ1v) is 10.6. The monoisotopic (exact) mass is 434 g/mol. The molecule has 0 saturated carbocycles. The number of hydrogen-bond acceptors (Lipinski definition) is 4. The fourth-order valence-corrected chi connectivity index (χ4v) is 4.61. The van der Waals surface area contributed by atoms with E-state index < -0.39 is 23.3 Å². The number of carboxylic acids is 1. The van der Waals surface area contributed by atoms with Gasteiger partial charge in [-0.25, -0.2) is 9.78 Å². The minimum atomic E-state index is -1.06. The molecule has 0 aliphatic rings. The zero-order chi connectivity index (χ0) is 23.2. The standard InChI is InChI=1S/C24H26N4O4/c1-5-17(11-20(29)30)28-23(31)22-18(7-6-8-25-22)27(24(28)32)13-16-12-26(4)19-10-14(2)9-15(3)21(16)19/h6-10,12,17H,5,11,13H2,1-4H3,(H,29,30). The van der Waals surface area contributed by atoms with Gasteiger partial charge in [0.1, 0.15) is 0 Å². The molecule has 1 atom stereocenters. The number of carboxylic acid groups (broad SMARTS) is 1. The Bertz CT molecular complexity index is 1480. The predicted molar refractivity (Wildman–Crippen MR) is 123 cm³/mol. The average Bonchev–Trinajstić information content (AvgIpc) is 3.05. The summed E-state index contributed by atoms with van der Waals surface area (Å²) in [7, 11) is 1.97. The van der Waals surface area contributed by atoms with Crippen LogP contribution in [0.2, 0.25) is 0 Å². The second kappa shape index (κ2) is 8.11. The molecule has 8 nitrogen and oxygen atoms in total. The van der Waals surface area contributed by atoms with Gasteiger partial charge in [0.25, 0.3) is 5.56 Å². The number of aromatic nitrogens is 4. The molecule has 3 aromatic heterocycles. The summed E-state index contributed by atoms with van der Waals surface area (Å²) < 4.78 is 4.62. The van der Waals surface area contributed by atoms with Crippen molar-refractivity contribution in [3.05, 3.63) is 74.2 Å². The quantitative estimate of drug-likeness (QED) is 0.503. The van der Waals surface area contributed by atoms with Crippen molar-refractivity contribution in [3.8, 4) is 0 Å². The lowest BCUT2D eigenvalue weighted by atomic mass is 10.0. The fraction of sp³-hybridized carbons (Fsp3) is 0.333. The second-order valence-corrected chi connectivity index (χ2v) is 8.32. The summed E-state index contributed by atoms with van der Waals surface area (Å²) in [6.07, 6.45) is 3.53. The van der Waals surface area contributed by atoms with Gasteiger partial charge in [0.05, 0.1) is 24.5 Å². The lowest BCUT2D eigenvalue weighted by molar-refractivity contribution is -0.138. The van der Waals surface area contributed by atoms with Crippen molar-refractivity contribution in [2.45, 2.75) is 46.2 Å². The molecule has 1 N–H and O–H groups in total. The van der Waals surface area contributed by atoms with Crippen LogP contribution in [0.25, 0.3) is 21.9 Å². The summed E-state index contributed by atoms with van der Waals surface area (Å²) >= 11 is 0. The first kappa shape index (κ1) is 21.5. The highest BCUT2D eigenvalue weighted by Gasteiger charge is 2.23. The molecule has 0 bridgehead atoms. The molecule has 3 heterocycles. The molecule has 8 heteroatoms. The maximum absolute atomic E-state index is 13.6. The second-order valence-electron chi connectivity index (χ2n) is 8.32. The summed E-state index contributed by atoms with van der Waals surface area (Å²) in [4.78, 5) is 42.3. The number of aliphatic carboxylic acids is 1. The molecule has 1 unspecified atom stereocenters. The first-order chi connectivity index (χ1) is 15.2. The van der Waals surface area contributed by atoms with E-state index in [1.807, 2.05) is 31.7 Å². The SMILES string of the molecule is CCC(CC(=O)O)n1c(=O)c2ncccc2n(Cc2cn(C)c3cc(C)cc(C)c23)c1=O. The molecule has 166 valence electrons. The fourth-order valence-electron chi connectivity index (χ4n) is 4.61. The maximum Gasteiger partial charge on any atom is 0.332 e. The van der Waals surface area contributed by atoms with E-state index in [-0.39, 0.29) is 18.5 Å². The van der Waals surface area contributed by atoms with Crippen molar-refractivity contribution >= 4 is 27.9 Å². The van der Waals surface area contributed by atoms with E-state index in [1.54, 1.807) is 19.1 Å². The maximum atomic E-state index is 13.6. The van der Waals surface area contributed by atoms with E-state index in [2.05, 4.69) is 17.1 Å². The summed E-state index contributed by atoms with van der Waals surface area (Å²) in [6, 6.07) is 6.86. The van der Waals surface area contributed by atoms with Gasteiger partial charge in [-0.2, -0.15) is 0 Å². The van der Waals surface area contributed by atoms with Crippen LogP contribution in [0.3, 0.4) is 0 Å². The van der Waals surface area contributed by atoms with Gasteiger partial charge in [0.15, 0.2) is 5.52 Å². The van der Waals surface area contributed by atoms with Crippen LogP contribution in [0.1, 0.15) is 42.5 Å². The number of aryl methyl sites for hydroxylation is 3. The van der Waals surface area contributed by atoms with Gasteiger partial charge in [0.2, 0.25) is 0 Å². The lowest BCUT2D eigenvalue weighted by Gasteiger charge is -2.19. The third-order valence-corrected chi connectivity index (χ3v) is 6.02. The molecule has 0 fully saturated rings. The van der Waals surface area contributed by atoms with Gasteiger partial charge in [-0.3, -0.25) is 18.7 Å². The number of hydrogen-bond donors (Lipinski definition) is 1. The van der Waals surface area contributed by atoms with E-state index in [0.717, 1.165) is 32.2 Å². The highest BCUT2D eigenvalue weighted by atomic mass is 16.4. The van der Waals surface area contributed by atoms with Crippen molar-refractivity contribution in [1.29, 1.82) is 0 Å². The lowest BCUT2D eigenvalue weighted by Crippen LogP contribution is -2.43.